The molecule has 0 aromatic heterocycles. The van der Waals surface area contributed by atoms with E-state index in [1.165, 1.54) is 11.8 Å². The van der Waals surface area contributed by atoms with Gasteiger partial charge in [0.2, 0.25) is 0 Å². The molecule has 2 rings (SSSR count). The predicted octanol–water partition coefficient (Wildman–Crippen LogP) is 4.06. The van der Waals surface area contributed by atoms with Crippen molar-refractivity contribution in [1.82, 2.24) is 5.32 Å². The Morgan fingerprint density at radius 1 is 0.947 bits per heavy atom. The molecule has 0 aliphatic carbocycles. The standard InChI is InChI=1S/C11H9F6NS/c12-10(13,14)7-3-6(9-18-1-2-19-9)4-8(5-7)11(15,16)17/h3-5,9,18H,1-2H2. The number of hydrogen-bond acceptors (Lipinski definition) is 2. The molecule has 106 valence electrons. The average molecular weight is 301 g/mol. The number of thioether (sulfide) groups is 1. The summed E-state index contributed by atoms with van der Waals surface area (Å²) >= 11 is 1.29. The molecule has 1 aromatic rings. The topological polar surface area (TPSA) is 12.0 Å². The third kappa shape index (κ3) is 3.36. The molecule has 1 atom stereocenters. The Morgan fingerprint density at radius 2 is 1.47 bits per heavy atom. The van der Waals surface area contributed by atoms with Gasteiger partial charge in [0.15, 0.2) is 0 Å². The monoisotopic (exact) mass is 301 g/mol. The van der Waals surface area contributed by atoms with Gasteiger partial charge in [0.25, 0.3) is 0 Å². The first-order valence-electron chi connectivity index (χ1n) is 5.32. The van der Waals surface area contributed by atoms with E-state index in [9.17, 15) is 26.3 Å². The molecule has 1 saturated heterocycles. The van der Waals surface area contributed by atoms with Gasteiger partial charge in [0, 0.05) is 12.3 Å². The largest absolute Gasteiger partial charge is 0.416 e. The van der Waals surface area contributed by atoms with E-state index in [1.54, 1.807) is 0 Å². The van der Waals surface area contributed by atoms with Gasteiger partial charge in [-0.3, -0.25) is 0 Å². The SMILES string of the molecule is FC(F)(F)c1cc(C2NCCS2)cc(C(F)(F)F)c1. The molecule has 0 saturated carbocycles. The van der Waals surface area contributed by atoms with Crippen LogP contribution >= 0.6 is 11.8 Å². The average Bonchev–Trinajstić information content (AvgIpc) is 2.79. The second-order valence-corrected chi connectivity index (χ2v) is 5.26. The summed E-state index contributed by atoms with van der Waals surface area (Å²) in [6.07, 6.45) is -9.58. The highest BCUT2D eigenvalue weighted by Gasteiger charge is 2.37. The molecule has 1 aliphatic heterocycles. The molecule has 1 aromatic carbocycles. The van der Waals surface area contributed by atoms with Gasteiger partial charge in [-0.15, -0.1) is 11.8 Å². The Morgan fingerprint density at radius 3 is 1.84 bits per heavy atom. The van der Waals surface area contributed by atoms with Crippen LogP contribution in [-0.4, -0.2) is 12.3 Å². The lowest BCUT2D eigenvalue weighted by Gasteiger charge is -2.17. The zero-order valence-corrected chi connectivity index (χ0v) is 10.2. The van der Waals surface area contributed by atoms with E-state index in [4.69, 9.17) is 0 Å². The van der Waals surface area contributed by atoms with Crippen LogP contribution in [0, 0.1) is 0 Å². The van der Waals surface area contributed by atoms with E-state index in [2.05, 4.69) is 5.32 Å². The van der Waals surface area contributed by atoms with Crippen LogP contribution in [0.4, 0.5) is 26.3 Å². The van der Waals surface area contributed by atoms with Gasteiger partial charge in [-0.05, 0) is 23.8 Å². The normalized spacial score (nSPS) is 20.8. The quantitative estimate of drug-likeness (QED) is 0.785. The smallest absolute Gasteiger partial charge is 0.301 e. The molecule has 1 heterocycles. The lowest BCUT2D eigenvalue weighted by molar-refractivity contribution is -0.143. The number of nitrogens with one attached hydrogen (secondary N) is 1. The van der Waals surface area contributed by atoms with E-state index >= 15 is 0 Å². The number of alkyl halides is 6. The van der Waals surface area contributed by atoms with Crippen molar-refractivity contribution < 1.29 is 26.3 Å². The molecule has 1 nitrogen and oxygen atoms in total. The first-order valence-corrected chi connectivity index (χ1v) is 6.37. The highest BCUT2D eigenvalue weighted by atomic mass is 32.2. The number of halogens is 6. The maximum Gasteiger partial charge on any atom is 0.416 e. The fraction of sp³-hybridized carbons (Fsp3) is 0.455. The van der Waals surface area contributed by atoms with E-state index in [0.29, 0.717) is 12.3 Å². The minimum absolute atomic E-state index is 0.00431. The van der Waals surface area contributed by atoms with Crippen molar-refractivity contribution in [3.63, 3.8) is 0 Å². The van der Waals surface area contributed by atoms with Crippen molar-refractivity contribution in [3.05, 3.63) is 34.9 Å². The van der Waals surface area contributed by atoms with Gasteiger partial charge in [0.05, 0.1) is 16.5 Å². The highest BCUT2D eigenvalue weighted by Crippen LogP contribution is 2.39. The van der Waals surface area contributed by atoms with Gasteiger partial charge in [0.1, 0.15) is 0 Å². The van der Waals surface area contributed by atoms with E-state index in [1.807, 2.05) is 0 Å². The molecule has 1 unspecified atom stereocenters. The summed E-state index contributed by atoms with van der Waals surface area (Å²) in [6, 6.07) is 1.68. The van der Waals surface area contributed by atoms with Gasteiger partial charge < -0.3 is 5.32 Å². The van der Waals surface area contributed by atoms with E-state index in [-0.39, 0.29) is 11.6 Å². The van der Waals surface area contributed by atoms with Crippen LogP contribution in [0.25, 0.3) is 0 Å². The maximum atomic E-state index is 12.6. The molecular weight excluding hydrogens is 292 g/mol. The maximum absolute atomic E-state index is 12.6. The van der Waals surface area contributed by atoms with Gasteiger partial charge in [-0.25, -0.2) is 0 Å². The van der Waals surface area contributed by atoms with Crippen LogP contribution in [0.5, 0.6) is 0 Å². The van der Waals surface area contributed by atoms with Gasteiger partial charge >= 0.3 is 12.4 Å². The third-order valence-corrected chi connectivity index (χ3v) is 3.84. The number of rotatable bonds is 1. The molecule has 1 N–H and O–H groups in total. The van der Waals surface area contributed by atoms with Crippen LogP contribution in [0.15, 0.2) is 18.2 Å². The van der Waals surface area contributed by atoms with Crippen molar-refractivity contribution in [2.24, 2.45) is 0 Å². The summed E-state index contributed by atoms with van der Waals surface area (Å²) in [7, 11) is 0. The molecule has 1 aliphatic rings. The first-order chi connectivity index (χ1) is 8.68. The summed E-state index contributed by atoms with van der Waals surface area (Å²) in [5.41, 5.74) is -2.54. The minimum atomic E-state index is -4.79. The number of benzene rings is 1. The Balaban J connectivity index is 2.48. The van der Waals surface area contributed by atoms with Crippen molar-refractivity contribution in [1.29, 1.82) is 0 Å². The van der Waals surface area contributed by atoms with Crippen LogP contribution in [0.2, 0.25) is 0 Å². The fourth-order valence-corrected chi connectivity index (χ4v) is 2.81. The second-order valence-electron chi connectivity index (χ2n) is 4.04. The molecule has 0 radical (unpaired) electrons. The van der Waals surface area contributed by atoms with Gasteiger partial charge in [-0.1, -0.05) is 0 Å². The van der Waals surface area contributed by atoms with E-state index in [0.717, 1.165) is 12.1 Å². The zero-order valence-electron chi connectivity index (χ0n) is 9.40. The highest BCUT2D eigenvalue weighted by molar-refractivity contribution is 7.99. The second kappa shape index (κ2) is 4.90. The van der Waals surface area contributed by atoms with Crippen molar-refractivity contribution in [2.45, 2.75) is 17.7 Å². The van der Waals surface area contributed by atoms with E-state index < -0.39 is 28.9 Å². The summed E-state index contributed by atoms with van der Waals surface area (Å²) in [5, 5.41) is 2.33. The Bertz CT molecular complexity index is 429. The van der Waals surface area contributed by atoms with Crippen molar-refractivity contribution in [3.8, 4) is 0 Å². The fourth-order valence-electron chi connectivity index (χ4n) is 1.77. The Labute approximate surface area is 109 Å². The zero-order chi connectivity index (χ0) is 14.3. The lowest BCUT2D eigenvalue weighted by Crippen LogP contribution is -2.16. The Hall–Kier alpha value is -0.890. The molecule has 19 heavy (non-hydrogen) atoms. The number of hydrogen-bond donors (Lipinski definition) is 1. The van der Waals surface area contributed by atoms with Crippen LogP contribution in [0.3, 0.4) is 0 Å². The minimum Gasteiger partial charge on any atom is -0.301 e. The van der Waals surface area contributed by atoms with Crippen LogP contribution in [-0.2, 0) is 12.4 Å². The van der Waals surface area contributed by atoms with Crippen LogP contribution < -0.4 is 5.32 Å². The van der Waals surface area contributed by atoms with Gasteiger partial charge in [-0.2, -0.15) is 26.3 Å². The third-order valence-electron chi connectivity index (χ3n) is 2.63. The molecular formula is C11H9F6NS. The van der Waals surface area contributed by atoms with Crippen molar-refractivity contribution >= 4 is 11.8 Å². The Kier molecular flexibility index (Phi) is 3.74. The van der Waals surface area contributed by atoms with Crippen molar-refractivity contribution in [2.75, 3.05) is 12.3 Å². The summed E-state index contributed by atoms with van der Waals surface area (Å²) < 4.78 is 75.8. The summed E-state index contributed by atoms with van der Waals surface area (Å²) in [4.78, 5) is 0. The first kappa shape index (κ1) is 14.5. The summed E-state index contributed by atoms with van der Waals surface area (Å²) in [6.45, 7) is 0.562. The molecule has 0 spiro atoms. The summed E-state index contributed by atoms with van der Waals surface area (Å²) in [5.74, 6) is 0.655. The molecule has 8 heteroatoms. The van der Waals surface area contributed by atoms with Crippen LogP contribution in [0.1, 0.15) is 22.1 Å². The lowest BCUT2D eigenvalue weighted by atomic mass is 10.0. The predicted molar refractivity (Wildman–Crippen MR) is 59.6 cm³/mol. The molecule has 1 fully saturated rings. The molecule has 0 bridgehead atoms. The molecule has 0 amide bonds.